The summed E-state index contributed by atoms with van der Waals surface area (Å²) < 4.78 is 123. The highest BCUT2D eigenvalue weighted by Gasteiger charge is 2.37. The summed E-state index contributed by atoms with van der Waals surface area (Å²) in [5.74, 6) is -12.1. The van der Waals surface area contributed by atoms with Crippen molar-refractivity contribution < 1.29 is 53.1 Å². The molecule has 0 heterocycles. The van der Waals surface area contributed by atoms with Crippen LogP contribution in [0.25, 0.3) is 0 Å². The normalized spacial score (nSPS) is 13.9. The number of rotatable bonds is 12. The predicted octanol–water partition coefficient (Wildman–Crippen LogP) is 4.08. The third kappa shape index (κ3) is 9.65. The van der Waals surface area contributed by atoms with Crippen LogP contribution in [0.5, 0.6) is 0 Å². The minimum atomic E-state index is -4.03. The molecule has 0 aliphatic heterocycles. The molecule has 0 aliphatic carbocycles. The molecule has 0 fully saturated rings. The van der Waals surface area contributed by atoms with E-state index in [1.807, 2.05) is 0 Å². The van der Waals surface area contributed by atoms with E-state index < -0.39 is 66.2 Å². The molecule has 0 rings (SSSR count). The smallest absolute Gasteiger partial charge is 0.306 e. The van der Waals surface area contributed by atoms with Crippen molar-refractivity contribution in [3.8, 4) is 0 Å². The fraction of sp³-hybridized carbons (Fsp3) is 1.00. The van der Waals surface area contributed by atoms with Crippen LogP contribution in [0.3, 0.4) is 0 Å². The van der Waals surface area contributed by atoms with Crippen molar-refractivity contribution in [2.24, 2.45) is 0 Å². The second-order valence-corrected chi connectivity index (χ2v) is 5.23. The molecule has 0 bridgehead atoms. The standard InChI is InChI=1S/C9H12F9O3P/c10-1-7(13,14)4-19-22(20-5-8(15,16)2-11)21-6-9(17,18)3-12/h1-6H2. The van der Waals surface area contributed by atoms with Gasteiger partial charge in [0.25, 0.3) is 17.8 Å². The van der Waals surface area contributed by atoms with Gasteiger partial charge in [-0.15, -0.1) is 0 Å². The van der Waals surface area contributed by atoms with Gasteiger partial charge in [0.15, 0.2) is 20.0 Å². The number of hydrogen-bond acceptors (Lipinski definition) is 3. The van der Waals surface area contributed by atoms with Gasteiger partial charge >= 0.3 is 8.60 Å². The highest BCUT2D eigenvalue weighted by molar-refractivity contribution is 7.41. The molecule has 0 amide bonds. The Kier molecular flexibility index (Phi) is 8.96. The molecular formula is C9H12F9O3P. The fourth-order valence-electron chi connectivity index (χ4n) is 0.669. The first kappa shape index (κ1) is 21.7. The molecule has 0 aromatic rings. The maximum Gasteiger partial charge on any atom is 0.333 e. The number of halogens is 9. The molecule has 13 heteroatoms. The van der Waals surface area contributed by atoms with Crippen LogP contribution in [0.2, 0.25) is 0 Å². The number of hydrogen-bond donors (Lipinski definition) is 0. The van der Waals surface area contributed by atoms with Crippen molar-refractivity contribution in [2.45, 2.75) is 17.8 Å². The van der Waals surface area contributed by atoms with E-state index in [1.54, 1.807) is 0 Å². The average molecular weight is 370 g/mol. The van der Waals surface area contributed by atoms with Crippen molar-refractivity contribution >= 4 is 8.60 Å². The summed E-state index contributed by atoms with van der Waals surface area (Å²) >= 11 is 0. The van der Waals surface area contributed by atoms with Crippen molar-refractivity contribution in [2.75, 3.05) is 39.8 Å². The predicted molar refractivity (Wildman–Crippen MR) is 57.5 cm³/mol. The molecule has 0 saturated carbocycles. The van der Waals surface area contributed by atoms with E-state index in [0.29, 0.717) is 0 Å². The molecule has 0 unspecified atom stereocenters. The minimum absolute atomic E-state index is 1.71. The van der Waals surface area contributed by atoms with Gasteiger partial charge in [0.1, 0.15) is 19.8 Å². The summed E-state index contributed by atoms with van der Waals surface area (Å²) in [5.41, 5.74) is 0. The number of alkyl halides is 9. The highest BCUT2D eigenvalue weighted by atomic mass is 31.2. The molecule has 0 saturated heterocycles. The Morgan fingerprint density at radius 1 is 0.545 bits per heavy atom. The van der Waals surface area contributed by atoms with Crippen LogP contribution >= 0.6 is 8.60 Å². The van der Waals surface area contributed by atoms with Crippen molar-refractivity contribution in [3.63, 3.8) is 0 Å². The monoisotopic (exact) mass is 370 g/mol. The van der Waals surface area contributed by atoms with Crippen molar-refractivity contribution in [3.05, 3.63) is 0 Å². The van der Waals surface area contributed by atoms with Crippen molar-refractivity contribution in [1.29, 1.82) is 0 Å². The van der Waals surface area contributed by atoms with Gasteiger partial charge in [-0.05, 0) is 0 Å². The van der Waals surface area contributed by atoms with Gasteiger partial charge in [0.05, 0.1) is 0 Å². The van der Waals surface area contributed by atoms with Crippen LogP contribution in [0.4, 0.5) is 39.5 Å². The Bertz CT molecular complexity index is 271. The Morgan fingerprint density at radius 3 is 0.955 bits per heavy atom. The van der Waals surface area contributed by atoms with Gasteiger partial charge in [-0.2, -0.15) is 0 Å². The van der Waals surface area contributed by atoms with Gasteiger partial charge in [-0.25, -0.2) is 39.5 Å². The molecule has 3 nitrogen and oxygen atoms in total. The Labute approximate surface area is 120 Å². The van der Waals surface area contributed by atoms with Crippen LogP contribution in [0, 0.1) is 0 Å². The molecular weight excluding hydrogens is 358 g/mol. The molecule has 134 valence electrons. The topological polar surface area (TPSA) is 27.7 Å². The molecule has 0 atom stereocenters. The maximum absolute atomic E-state index is 12.6. The molecule has 0 aliphatic rings. The second-order valence-electron chi connectivity index (χ2n) is 4.01. The Balaban J connectivity index is 4.56. The van der Waals surface area contributed by atoms with Gasteiger partial charge in [0.2, 0.25) is 0 Å². The molecule has 0 N–H and O–H groups in total. The zero-order valence-electron chi connectivity index (χ0n) is 10.8. The van der Waals surface area contributed by atoms with Crippen LogP contribution in [0.15, 0.2) is 0 Å². The minimum Gasteiger partial charge on any atom is -0.306 e. The largest absolute Gasteiger partial charge is 0.333 e. The summed E-state index contributed by atoms with van der Waals surface area (Å²) in [5, 5.41) is 0. The van der Waals surface area contributed by atoms with Crippen LogP contribution in [-0.2, 0) is 13.6 Å². The lowest BCUT2D eigenvalue weighted by atomic mass is 10.4. The third-order valence-corrected chi connectivity index (χ3v) is 2.75. The second kappa shape index (κ2) is 9.09. The first-order valence-corrected chi connectivity index (χ1v) is 6.57. The van der Waals surface area contributed by atoms with E-state index in [4.69, 9.17) is 0 Å². The maximum atomic E-state index is 12.6. The van der Waals surface area contributed by atoms with Crippen LogP contribution in [0.1, 0.15) is 0 Å². The van der Waals surface area contributed by atoms with Crippen LogP contribution in [-0.4, -0.2) is 57.6 Å². The molecule has 0 aromatic heterocycles. The summed E-state index contributed by atoms with van der Waals surface area (Å²) in [6.07, 6.45) is 0. The zero-order valence-corrected chi connectivity index (χ0v) is 11.7. The fourth-order valence-corrected chi connectivity index (χ4v) is 1.78. The summed E-state index contributed by atoms with van der Waals surface area (Å²) in [6, 6.07) is 0. The summed E-state index contributed by atoms with van der Waals surface area (Å²) in [7, 11) is -3.21. The summed E-state index contributed by atoms with van der Waals surface area (Å²) in [6.45, 7) is -11.6. The van der Waals surface area contributed by atoms with E-state index >= 15 is 0 Å². The van der Waals surface area contributed by atoms with E-state index in [-0.39, 0.29) is 0 Å². The quantitative estimate of drug-likeness (QED) is 0.383. The lowest BCUT2D eigenvalue weighted by Crippen LogP contribution is -2.29. The van der Waals surface area contributed by atoms with Gasteiger partial charge in [-0.3, -0.25) is 0 Å². The lowest BCUT2D eigenvalue weighted by molar-refractivity contribution is -0.0915. The lowest BCUT2D eigenvalue weighted by Gasteiger charge is -2.22. The summed E-state index contributed by atoms with van der Waals surface area (Å²) in [4.78, 5) is 0. The molecule has 0 aromatic carbocycles. The van der Waals surface area contributed by atoms with E-state index in [9.17, 15) is 39.5 Å². The first-order valence-electron chi connectivity index (χ1n) is 5.47. The van der Waals surface area contributed by atoms with Gasteiger partial charge in [-0.1, -0.05) is 0 Å². The zero-order chi connectivity index (χ0) is 17.4. The average Bonchev–Trinajstić information content (AvgIpc) is 2.46. The molecule has 0 radical (unpaired) electrons. The van der Waals surface area contributed by atoms with Gasteiger partial charge < -0.3 is 13.6 Å². The molecule has 0 spiro atoms. The SMILES string of the molecule is FCC(F)(F)COP(OCC(F)(F)CF)OCC(F)(F)CF. The van der Waals surface area contributed by atoms with E-state index in [1.165, 1.54) is 0 Å². The van der Waals surface area contributed by atoms with Gasteiger partial charge in [0, 0.05) is 0 Å². The third-order valence-electron chi connectivity index (χ3n) is 1.73. The Morgan fingerprint density at radius 2 is 0.773 bits per heavy atom. The van der Waals surface area contributed by atoms with Crippen molar-refractivity contribution in [1.82, 2.24) is 0 Å². The van der Waals surface area contributed by atoms with Crippen LogP contribution < -0.4 is 0 Å². The molecule has 22 heavy (non-hydrogen) atoms. The highest BCUT2D eigenvalue weighted by Crippen LogP contribution is 2.43. The Hall–Kier alpha value is -0.320. The van der Waals surface area contributed by atoms with E-state index in [2.05, 4.69) is 13.6 Å². The first-order chi connectivity index (χ1) is 9.97. The van der Waals surface area contributed by atoms with E-state index in [0.717, 1.165) is 0 Å².